The van der Waals surface area contributed by atoms with Crippen molar-refractivity contribution < 1.29 is 18.3 Å². The Balaban J connectivity index is 3.41. The van der Waals surface area contributed by atoms with Crippen LogP contribution in [0.5, 0.6) is 5.75 Å². The Morgan fingerprint density at radius 2 is 2.13 bits per heavy atom. The lowest BCUT2D eigenvalue weighted by Crippen LogP contribution is -2.16. The monoisotopic (exact) mass is 231 g/mol. The van der Waals surface area contributed by atoms with Crippen molar-refractivity contribution in [3.05, 3.63) is 23.8 Å². The molecule has 0 radical (unpaired) electrons. The van der Waals surface area contributed by atoms with E-state index in [0.29, 0.717) is 5.56 Å². The first-order valence-corrected chi connectivity index (χ1v) is 5.85. The third kappa shape index (κ3) is 2.68. The minimum atomic E-state index is -3.83. The Morgan fingerprint density at radius 3 is 2.60 bits per heavy atom. The van der Waals surface area contributed by atoms with E-state index in [4.69, 9.17) is 15.0 Å². The number of sulfonamides is 1. The maximum absolute atomic E-state index is 11.3. The molecule has 0 atom stereocenters. The van der Waals surface area contributed by atoms with Crippen molar-refractivity contribution in [2.75, 3.05) is 13.7 Å². The van der Waals surface area contributed by atoms with E-state index in [9.17, 15) is 8.42 Å². The van der Waals surface area contributed by atoms with Crippen molar-refractivity contribution in [3.63, 3.8) is 0 Å². The van der Waals surface area contributed by atoms with Crippen LogP contribution < -0.4 is 9.88 Å². The molecule has 1 aromatic carbocycles. The average molecular weight is 231 g/mol. The highest BCUT2D eigenvalue weighted by molar-refractivity contribution is 7.89. The first kappa shape index (κ1) is 12.0. The standard InChI is InChI=1S/C9H13NO4S/c1-14-8-4-2-3-7(5-6-11)9(8)15(10,12)13/h2-4,11H,5-6H2,1H3,(H2,10,12,13). The lowest BCUT2D eigenvalue weighted by atomic mass is 10.1. The molecule has 84 valence electrons. The summed E-state index contributed by atoms with van der Waals surface area (Å²) in [6.45, 7) is -0.143. The smallest absolute Gasteiger partial charge is 0.242 e. The molecule has 1 rings (SSSR count). The van der Waals surface area contributed by atoms with Crippen molar-refractivity contribution in [1.29, 1.82) is 0 Å². The highest BCUT2D eigenvalue weighted by Gasteiger charge is 2.18. The summed E-state index contributed by atoms with van der Waals surface area (Å²) in [6.07, 6.45) is 0.225. The molecule has 0 unspecified atom stereocenters. The van der Waals surface area contributed by atoms with Crippen LogP contribution in [0.4, 0.5) is 0 Å². The van der Waals surface area contributed by atoms with E-state index in [1.165, 1.54) is 13.2 Å². The largest absolute Gasteiger partial charge is 0.495 e. The average Bonchev–Trinajstić information content (AvgIpc) is 2.16. The van der Waals surface area contributed by atoms with Crippen molar-refractivity contribution >= 4 is 10.0 Å². The Labute approximate surface area is 88.5 Å². The normalized spacial score (nSPS) is 11.4. The van der Waals surface area contributed by atoms with Crippen LogP contribution in [0.15, 0.2) is 23.1 Å². The van der Waals surface area contributed by atoms with Gasteiger partial charge in [-0.3, -0.25) is 0 Å². The molecule has 0 aromatic heterocycles. The van der Waals surface area contributed by atoms with Crippen LogP contribution in [0.25, 0.3) is 0 Å². The van der Waals surface area contributed by atoms with Gasteiger partial charge in [-0.05, 0) is 18.1 Å². The summed E-state index contributed by atoms with van der Waals surface area (Å²) < 4.78 is 27.6. The van der Waals surface area contributed by atoms with Crippen molar-refractivity contribution in [3.8, 4) is 5.75 Å². The topological polar surface area (TPSA) is 89.6 Å². The zero-order chi connectivity index (χ0) is 11.5. The summed E-state index contributed by atoms with van der Waals surface area (Å²) in [5, 5.41) is 13.9. The predicted octanol–water partition coefficient (Wildman–Crippen LogP) is -0.123. The molecule has 0 fully saturated rings. The molecule has 0 spiro atoms. The van der Waals surface area contributed by atoms with E-state index in [1.54, 1.807) is 12.1 Å². The first-order chi connectivity index (χ1) is 7.00. The molecule has 0 saturated carbocycles. The minimum absolute atomic E-state index is 0.0541. The molecule has 0 aliphatic carbocycles. The SMILES string of the molecule is COc1cccc(CCO)c1S(N)(=O)=O. The van der Waals surface area contributed by atoms with Crippen LogP contribution in [0.1, 0.15) is 5.56 Å². The van der Waals surface area contributed by atoms with E-state index in [0.717, 1.165) is 0 Å². The lowest BCUT2D eigenvalue weighted by molar-refractivity contribution is 0.298. The van der Waals surface area contributed by atoms with E-state index in [2.05, 4.69) is 0 Å². The molecule has 0 saturated heterocycles. The molecule has 3 N–H and O–H groups in total. The summed E-state index contributed by atoms with van der Waals surface area (Å²) in [5.74, 6) is 0.198. The van der Waals surface area contributed by atoms with Gasteiger partial charge >= 0.3 is 0 Å². The number of aliphatic hydroxyl groups is 1. The number of benzene rings is 1. The predicted molar refractivity (Wildman–Crippen MR) is 55.2 cm³/mol. The summed E-state index contributed by atoms with van der Waals surface area (Å²) in [7, 11) is -2.47. The molecule has 5 nitrogen and oxygen atoms in total. The molecular weight excluding hydrogens is 218 g/mol. The number of nitrogens with two attached hydrogens (primary N) is 1. The number of hydrogen-bond acceptors (Lipinski definition) is 4. The maximum Gasteiger partial charge on any atom is 0.242 e. The summed E-state index contributed by atoms with van der Waals surface area (Å²) >= 11 is 0. The summed E-state index contributed by atoms with van der Waals surface area (Å²) in [6, 6.07) is 4.76. The molecule has 15 heavy (non-hydrogen) atoms. The summed E-state index contributed by atoms with van der Waals surface area (Å²) in [4.78, 5) is -0.0541. The van der Waals surface area contributed by atoms with Gasteiger partial charge in [0, 0.05) is 6.61 Å². The van der Waals surface area contributed by atoms with Crippen LogP contribution in [-0.2, 0) is 16.4 Å². The number of hydrogen-bond donors (Lipinski definition) is 2. The van der Waals surface area contributed by atoms with Crippen LogP contribution in [-0.4, -0.2) is 27.2 Å². The van der Waals surface area contributed by atoms with Crippen LogP contribution >= 0.6 is 0 Å². The van der Waals surface area contributed by atoms with Crippen molar-refractivity contribution in [2.45, 2.75) is 11.3 Å². The zero-order valence-electron chi connectivity index (χ0n) is 8.30. The van der Waals surface area contributed by atoms with Gasteiger partial charge in [0.05, 0.1) is 7.11 Å². The second-order valence-corrected chi connectivity index (χ2v) is 4.47. The van der Waals surface area contributed by atoms with Gasteiger partial charge in [0.15, 0.2) is 0 Å². The second kappa shape index (κ2) is 4.61. The zero-order valence-corrected chi connectivity index (χ0v) is 9.12. The van der Waals surface area contributed by atoms with E-state index in [-0.39, 0.29) is 23.7 Å². The van der Waals surface area contributed by atoms with Crippen molar-refractivity contribution in [1.82, 2.24) is 0 Å². The Bertz CT molecular complexity index is 441. The Kier molecular flexibility index (Phi) is 3.67. The van der Waals surface area contributed by atoms with E-state index >= 15 is 0 Å². The molecule has 0 heterocycles. The van der Waals surface area contributed by atoms with Crippen LogP contribution in [0.2, 0.25) is 0 Å². The molecule has 6 heteroatoms. The highest BCUT2D eigenvalue weighted by atomic mass is 32.2. The van der Waals surface area contributed by atoms with Crippen molar-refractivity contribution in [2.24, 2.45) is 5.14 Å². The first-order valence-electron chi connectivity index (χ1n) is 4.30. The fourth-order valence-electron chi connectivity index (χ4n) is 1.36. The van der Waals surface area contributed by atoms with Gasteiger partial charge in [0.2, 0.25) is 10.0 Å². The van der Waals surface area contributed by atoms with Crippen LogP contribution in [0.3, 0.4) is 0 Å². The third-order valence-electron chi connectivity index (χ3n) is 1.95. The fourth-order valence-corrected chi connectivity index (χ4v) is 2.33. The number of ether oxygens (including phenoxy) is 1. The quantitative estimate of drug-likeness (QED) is 0.755. The maximum atomic E-state index is 11.3. The molecule has 0 aliphatic rings. The lowest BCUT2D eigenvalue weighted by Gasteiger charge is -2.10. The van der Waals surface area contributed by atoms with E-state index in [1.807, 2.05) is 0 Å². The molecule has 1 aromatic rings. The minimum Gasteiger partial charge on any atom is -0.495 e. The molecule has 0 bridgehead atoms. The van der Waals surface area contributed by atoms with Crippen LogP contribution in [0, 0.1) is 0 Å². The third-order valence-corrected chi connectivity index (χ3v) is 2.98. The van der Waals surface area contributed by atoms with Gasteiger partial charge in [-0.1, -0.05) is 12.1 Å². The van der Waals surface area contributed by atoms with Gasteiger partial charge in [-0.15, -0.1) is 0 Å². The van der Waals surface area contributed by atoms with E-state index < -0.39 is 10.0 Å². The van der Waals surface area contributed by atoms with Gasteiger partial charge < -0.3 is 9.84 Å². The molecule has 0 amide bonds. The second-order valence-electron chi connectivity index (χ2n) is 2.97. The van der Waals surface area contributed by atoms with Gasteiger partial charge in [0.25, 0.3) is 0 Å². The van der Waals surface area contributed by atoms with Gasteiger partial charge in [-0.25, -0.2) is 13.6 Å². The van der Waals surface area contributed by atoms with Gasteiger partial charge in [0.1, 0.15) is 10.6 Å². The number of methoxy groups -OCH3 is 1. The molecule has 0 aliphatic heterocycles. The number of primary sulfonamides is 1. The fraction of sp³-hybridized carbons (Fsp3) is 0.333. The van der Waals surface area contributed by atoms with Gasteiger partial charge in [-0.2, -0.15) is 0 Å². The Hall–Kier alpha value is -1.11. The highest BCUT2D eigenvalue weighted by Crippen LogP contribution is 2.26. The summed E-state index contributed by atoms with van der Waals surface area (Å²) in [5.41, 5.74) is 0.458. The number of aliphatic hydroxyl groups excluding tert-OH is 1. The molecular formula is C9H13NO4S. The Morgan fingerprint density at radius 1 is 1.47 bits per heavy atom. The number of rotatable bonds is 4.